The molecule has 0 spiro atoms. The maximum Gasteiger partial charge on any atom is 0.331 e. The van der Waals surface area contributed by atoms with Gasteiger partial charge < -0.3 is 20.7 Å². The minimum atomic E-state index is -0.741. The van der Waals surface area contributed by atoms with Crippen molar-refractivity contribution in [1.82, 2.24) is 5.32 Å². The number of benzene rings is 2. The summed E-state index contributed by atoms with van der Waals surface area (Å²) in [5, 5.41) is 21.7. The third-order valence-corrected chi connectivity index (χ3v) is 7.32. The molecule has 2 aromatic carbocycles. The highest BCUT2D eigenvalue weighted by atomic mass is 16.7. The van der Waals surface area contributed by atoms with Gasteiger partial charge in [-0.1, -0.05) is 62.1 Å². The zero-order valence-corrected chi connectivity index (χ0v) is 24.2. The second-order valence-corrected chi connectivity index (χ2v) is 10.2. The normalized spacial score (nSPS) is 17.9. The lowest BCUT2D eigenvalue weighted by atomic mass is 9.77. The molecule has 0 heterocycles. The molecule has 2 aromatic rings. The number of nitrogens with one attached hydrogen (secondary N) is 1. The number of rotatable bonds is 12. The van der Waals surface area contributed by atoms with Crippen molar-refractivity contribution in [3.63, 3.8) is 0 Å². The first kappa shape index (κ1) is 30.7. The number of oxime groups is 2. The summed E-state index contributed by atoms with van der Waals surface area (Å²) in [5.74, 6) is -1.54. The second kappa shape index (κ2) is 13.5. The molecule has 0 aliphatic heterocycles. The van der Waals surface area contributed by atoms with E-state index in [0.29, 0.717) is 22.6 Å². The monoisotopic (exact) mass is 545 g/mol. The second-order valence-electron chi connectivity index (χ2n) is 10.2. The molecule has 0 saturated heterocycles. The van der Waals surface area contributed by atoms with Crippen LogP contribution >= 0.6 is 0 Å². The van der Waals surface area contributed by atoms with Crippen molar-refractivity contribution < 1.29 is 19.3 Å². The number of nitrogens with two attached hydrogens (primary N) is 1. The Hall–Kier alpha value is -3.87. The highest BCUT2D eigenvalue weighted by Gasteiger charge is 2.47. The number of carbonyl (C=O) groups is 2. The van der Waals surface area contributed by atoms with Crippen molar-refractivity contribution in [2.45, 2.75) is 78.8 Å². The van der Waals surface area contributed by atoms with E-state index in [1.807, 2.05) is 43.3 Å². The number of nitriles is 1. The van der Waals surface area contributed by atoms with Crippen LogP contribution in [0.25, 0.3) is 11.1 Å². The summed E-state index contributed by atoms with van der Waals surface area (Å²) in [6.45, 7) is 11.1. The molecule has 40 heavy (non-hydrogen) atoms. The van der Waals surface area contributed by atoms with Crippen LogP contribution in [0.5, 0.6) is 0 Å². The van der Waals surface area contributed by atoms with Gasteiger partial charge in [-0.15, -0.1) is 0 Å². The van der Waals surface area contributed by atoms with Gasteiger partial charge in [-0.2, -0.15) is 5.26 Å². The lowest BCUT2D eigenvalue weighted by Gasteiger charge is -2.39. The smallest absolute Gasteiger partial charge is 0.326 e. The van der Waals surface area contributed by atoms with Gasteiger partial charge in [0.25, 0.3) is 0 Å². The van der Waals surface area contributed by atoms with Gasteiger partial charge in [-0.05, 0) is 66.8 Å². The van der Waals surface area contributed by atoms with Gasteiger partial charge in [-0.3, -0.25) is 0 Å². The molecule has 0 bridgehead atoms. The first-order valence-corrected chi connectivity index (χ1v) is 13.8. The summed E-state index contributed by atoms with van der Waals surface area (Å²) in [4.78, 5) is 33.0. The molecule has 9 nitrogen and oxygen atoms in total. The fraction of sp³-hybridized carbons (Fsp3) is 0.452. The number of unbranched alkanes of at least 4 members (excludes halogenated alkanes) is 1. The van der Waals surface area contributed by atoms with Crippen molar-refractivity contribution in [3.8, 4) is 17.2 Å². The van der Waals surface area contributed by atoms with Crippen LogP contribution in [0.1, 0.15) is 89.5 Å². The van der Waals surface area contributed by atoms with E-state index in [0.717, 1.165) is 54.5 Å². The average molecular weight is 546 g/mol. The molecule has 212 valence electrons. The lowest BCUT2D eigenvalue weighted by Crippen LogP contribution is -2.55. The van der Waals surface area contributed by atoms with Gasteiger partial charge >= 0.3 is 11.9 Å². The number of fused-ring (bicyclic) bond motifs is 3. The first-order chi connectivity index (χ1) is 19.1. The molecule has 3 atom stereocenters. The molecule has 0 radical (unpaired) electrons. The molecule has 3 N–H and O–H groups in total. The third-order valence-electron chi connectivity index (χ3n) is 7.32. The Balaban J connectivity index is 2.27. The van der Waals surface area contributed by atoms with E-state index < -0.39 is 23.4 Å². The van der Waals surface area contributed by atoms with Crippen molar-refractivity contribution in [2.75, 3.05) is 6.54 Å². The Bertz CT molecular complexity index is 1360. The third kappa shape index (κ3) is 6.30. The van der Waals surface area contributed by atoms with Crippen LogP contribution in [0.2, 0.25) is 0 Å². The zero-order valence-electron chi connectivity index (χ0n) is 24.2. The van der Waals surface area contributed by atoms with Crippen LogP contribution in [-0.4, -0.2) is 35.9 Å². The van der Waals surface area contributed by atoms with Gasteiger partial charge in [0.15, 0.2) is 0 Å². The van der Waals surface area contributed by atoms with E-state index in [9.17, 15) is 14.9 Å². The Labute approximate surface area is 236 Å². The van der Waals surface area contributed by atoms with Gasteiger partial charge in [0.05, 0.1) is 28.6 Å². The summed E-state index contributed by atoms with van der Waals surface area (Å²) in [6, 6.07) is 13.7. The fourth-order valence-corrected chi connectivity index (χ4v) is 5.20. The molecule has 1 aliphatic rings. The molecule has 9 heteroatoms. The van der Waals surface area contributed by atoms with E-state index in [2.05, 4.69) is 35.5 Å². The van der Waals surface area contributed by atoms with Gasteiger partial charge in [-0.25, -0.2) is 9.59 Å². The van der Waals surface area contributed by atoms with Crippen LogP contribution in [0, 0.1) is 17.2 Å². The van der Waals surface area contributed by atoms with Crippen molar-refractivity contribution in [3.05, 3.63) is 58.7 Å². The fourth-order valence-electron chi connectivity index (χ4n) is 5.20. The van der Waals surface area contributed by atoms with E-state index in [1.165, 1.54) is 13.8 Å². The van der Waals surface area contributed by atoms with Crippen molar-refractivity contribution in [2.24, 2.45) is 22.0 Å². The molecule has 3 rings (SSSR count). The summed E-state index contributed by atoms with van der Waals surface area (Å²) in [7, 11) is 0. The number of hydrogen-bond donors (Lipinski definition) is 2. The van der Waals surface area contributed by atoms with E-state index in [1.54, 1.807) is 6.92 Å². The number of hydrogen-bond acceptors (Lipinski definition) is 9. The molecule has 3 unspecified atom stereocenters. The van der Waals surface area contributed by atoms with Crippen LogP contribution in [-0.2, 0) is 24.8 Å². The molecular formula is C31H39N5O4. The van der Waals surface area contributed by atoms with Gasteiger partial charge in [0.2, 0.25) is 0 Å². The summed E-state index contributed by atoms with van der Waals surface area (Å²) in [6.07, 6.45) is 3.63. The SMILES string of the molecule is CCCCNC1(C(N)CCC)c2cc(C#N)ccc2-c2ccc(/C(=N/OC(C)=O)C(C)/C(C)=N/OC(C)=O)cc21. The van der Waals surface area contributed by atoms with Crippen molar-refractivity contribution >= 4 is 23.4 Å². The Morgan fingerprint density at radius 1 is 1.00 bits per heavy atom. The molecule has 0 aromatic heterocycles. The molecule has 0 fully saturated rings. The standard InChI is InChI=1S/C31H39N5O4/c1-7-9-15-34-31(29(33)10-8-2)27-16-23(18-32)11-13-25(27)26-14-12-24(17-28(26)31)30(36-40-22(6)38)19(3)20(4)35-39-21(5)37/h11-14,16-17,19,29,34H,7-10,15,33H2,1-6H3/b35-20+,36-30+. The molecule has 1 aliphatic carbocycles. The largest absolute Gasteiger partial charge is 0.331 e. The molecular weight excluding hydrogens is 506 g/mol. The average Bonchev–Trinajstić information content (AvgIpc) is 3.21. The Morgan fingerprint density at radius 2 is 1.62 bits per heavy atom. The number of nitrogens with zero attached hydrogens (tertiary/aromatic N) is 3. The lowest BCUT2D eigenvalue weighted by molar-refractivity contribution is -0.141. The quantitative estimate of drug-likeness (QED) is 0.163. The van der Waals surface area contributed by atoms with Gasteiger partial charge in [0.1, 0.15) is 0 Å². The Kier molecular flexibility index (Phi) is 10.3. The summed E-state index contributed by atoms with van der Waals surface area (Å²) < 4.78 is 0. The summed E-state index contributed by atoms with van der Waals surface area (Å²) in [5.41, 5.74) is 12.5. The maximum absolute atomic E-state index is 11.7. The predicted molar refractivity (Wildman–Crippen MR) is 156 cm³/mol. The summed E-state index contributed by atoms with van der Waals surface area (Å²) >= 11 is 0. The Morgan fingerprint density at radius 3 is 2.23 bits per heavy atom. The van der Waals surface area contributed by atoms with E-state index in [4.69, 9.17) is 15.4 Å². The minimum absolute atomic E-state index is 0.280. The zero-order chi connectivity index (χ0) is 29.4. The van der Waals surface area contributed by atoms with E-state index in [-0.39, 0.29) is 6.04 Å². The van der Waals surface area contributed by atoms with Crippen LogP contribution in [0.15, 0.2) is 46.7 Å². The molecule has 0 saturated carbocycles. The highest BCUT2D eigenvalue weighted by Crippen LogP contribution is 2.50. The number of carbonyl (C=O) groups excluding carboxylic acids is 2. The minimum Gasteiger partial charge on any atom is -0.326 e. The van der Waals surface area contributed by atoms with Crippen LogP contribution in [0.4, 0.5) is 0 Å². The first-order valence-electron chi connectivity index (χ1n) is 13.8. The van der Waals surface area contributed by atoms with Crippen LogP contribution < -0.4 is 11.1 Å². The topological polar surface area (TPSA) is 139 Å². The van der Waals surface area contributed by atoms with Crippen molar-refractivity contribution in [1.29, 1.82) is 5.26 Å². The predicted octanol–water partition coefficient (Wildman–Crippen LogP) is 5.14. The van der Waals surface area contributed by atoms with E-state index >= 15 is 0 Å². The highest BCUT2D eigenvalue weighted by molar-refractivity contribution is 6.14. The molecule has 0 amide bonds. The van der Waals surface area contributed by atoms with Gasteiger partial charge in [0, 0.05) is 31.4 Å². The van der Waals surface area contributed by atoms with Crippen LogP contribution in [0.3, 0.4) is 0 Å². The maximum atomic E-state index is 11.7.